The summed E-state index contributed by atoms with van der Waals surface area (Å²) in [6.07, 6.45) is -3.11. The number of nitrogens with zero attached hydrogens (tertiary/aromatic N) is 4. The van der Waals surface area contributed by atoms with Gasteiger partial charge < -0.3 is 15.1 Å². The van der Waals surface area contributed by atoms with E-state index >= 15 is 0 Å². The van der Waals surface area contributed by atoms with Crippen LogP contribution >= 0.6 is 11.6 Å². The summed E-state index contributed by atoms with van der Waals surface area (Å²) in [4.78, 5) is 16.9. The molecule has 0 spiro atoms. The van der Waals surface area contributed by atoms with Crippen molar-refractivity contribution in [2.24, 2.45) is 0 Å². The molecule has 1 aliphatic rings. The SMILES string of the molecule is CN1CCN(CCCNC(=O)c2cnn(-c3ccc(Cl)cc3)c2C(F)(F)F)CC1. The second-order valence-electron chi connectivity index (χ2n) is 7.05. The maximum Gasteiger partial charge on any atom is 0.434 e. The second-order valence-corrected chi connectivity index (χ2v) is 7.48. The molecular weight excluding hydrogens is 407 g/mol. The summed E-state index contributed by atoms with van der Waals surface area (Å²) < 4.78 is 41.7. The summed E-state index contributed by atoms with van der Waals surface area (Å²) in [5.74, 6) is -0.782. The molecule has 2 aromatic rings. The predicted octanol–water partition coefficient (Wildman–Crippen LogP) is 2.91. The number of alkyl halides is 3. The van der Waals surface area contributed by atoms with Gasteiger partial charge in [0.05, 0.1) is 17.4 Å². The van der Waals surface area contributed by atoms with Crippen LogP contribution in [0.4, 0.5) is 13.2 Å². The zero-order valence-electron chi connectivity index (χ0n) is 16.0. The van der Waals surface area contributed by atoms with Crippen LogP contribution in [0.2, 0.25) is 5.02 Å². The largest absolute Gasteiger partial charge is 0.434 e. The molecular formula is C19H23ClF3N5O. The number of carbonyl (C=O) groups excluding carboxylic acids is 1. The average Bonchev–Trinajstić information content (AvgIpc) is 3.13. The van der Waals surface area contributed by atoms with Gasteiger partial charge in [-0.1, -0.05) is 11.6 Å². The Labute approximate surface area is 172 Å². The van der Waals surface area contributed by atoms with Gasteiger partial charge in [0, 0.05) is 37.7 Å². The molecule has 1 N–H and O–H groups in total. The number of amides is 1. The van der Waals surface area contributed by atoms with E-state index in [0.717, 1.165) is 43.6 Å². The summed E-state index contributed by atoms with van der Waals surface area (Å²) in [7, 11) is 2.07. The fourth-order valence-corrected chi connectivity index (χ4v) is 3.36. The van der Waals surface area contributed by atoms with Crippen molar-refractivity contribution in [2.45, 2.75) is 12.6 Å². The third kappa shape index (κ3) is 5.49. The summed E-state index contributed by atoms with van der Waals surface area (Å²) >= 11 is 5.80. The first kappa shape index (κ1) is 21.6. The number of rotatable bonds is 6. The molecule has 1 saturated heterocycles. The van der Waals surface area contributed by atoms with Crippen molar-refractivity contribution in [1.29, 1.82) is 0 Å². The van der Waals surface area contributed by atoms with Crippen LogP contribution in [0.1, 0.15) is 22.5 Å². The quantitative estimate of drug-likeness (QED) is 0.717. The maximum absolute atomic E-state index is 13.7. The zero-order valence-corrected chi connectivity index (χ0v) is 16.8. The molecule has 0 saturated carbocycles. The van der Waals surface area contributed by atoms with Gasteiger partial charge in [-0.3, -0.25) is 4.79 Å². The lowest BCUT2D eigenvalue weighted by Crippen LogP contribution is -2.45. The topological polar surface area (TPSA) is 53.4 Å². The van der Waals surface area contributed by atoms with Crippen molar-refractivity contribution in [2.75, 3.05) is 46.3 Å². The minimum Gasteiger partial charge on any atom is -0.352 e. The molecule has 10 heteroatoms. The normalized spacial score (nSPS) is 16.2. The molecule has 158 valence electrons. The van der Waals surface area contributed by atoms with Gasteiger partial charge in [0.25, 0.3) is 5.91 Å². The highest BCUT2D eigenvalue weighted by Gasteiger charge is 2.40. The van der Waals surface area contributed by atoms with Crippen molar-refractivity contribution in [1.82, 2.24) is 24.9 Å². The summed E-state index contributed by atoms with van der Waals surface area (Å²) in [5.41, 5.74) is -1.42. The van der Waals surface area contributed by atoms with Crippen LogP contribution in [-0.4, -0.2) is 71.8 Å². The number of benzene rings is 1. The van der Waals surface area contributed by atoms with Gasteiger partial charge in [0.1, 0.15) is 0 Å². The van der Waals surface area contributed by atoms with E-state index in [0.29, 0.717) is 18.0 Å². The molecule has 6 nitrogen and oxygen atoms in total. The Morgan fingerprint density at radius 3 is 2.45 bits per heavy atom. The van der Waals surface area contributed by atoms with Crippen molar-refractivity contribution in [3.8, 4) is 5.69 Å². The fourth-order valence-electron chi connectivity index (χ4n) is 3.24. The van der Waals surface area contributed by atoms with Crippen molar-refractivity contribution >= 4 is 17.5 Å². The molecule has 2 heterocycles. The van der Waals surface area contributed by atoms with E-state index < -0.39 is 23.3 Å². The number of likely N-dealkylation sites (N-methyl/N-ethyl adjacent to an activating group) is 1. The summed E-state index contributed by atoms with van der Waals surface area (Å²) in [5, 5.41) is 6.77. The Balaban J connectivity index is 1.65. The van der Waals surface area contributed by atoms with E-state index in [1.54, 1.807) is 0 Å². The van der Waals surface area contributed by atoms with Crippen LogP contribution in [0, 0.1) is 0 Å². The number of nitrogens with one attached hydrogen (secondary N) is 1. The van der Waals surface area contributed by atoms with Gasteiger partial charge in [0.2, 0.25) is 0 Å². The summed E-state index contributed by atoms with van der Waals surface area (Å²) in [6, 6.07) is 5.78. The second kappa shape index (κ2) is 9.15. The van der Waals surface area contributed by atoms with Crippen LogP contribution < -0.4 is 5.32 Å². The number of hydrogen-bond donors (Lipinski definition) is 1. The van der Waals surface area contributed by atoms with E-state index in [4.69, 9.17) is 11.6 Å². The lowest BCUT2D eigenvalue weighted by Gasteiger charge is -2.32. The highest BCUT2D eigenvalue weighted by Crippen LogP contribution is 2.33. The molecule has 0 unspecified atom stereocenters. The molecule has 0 bridgehead atoms. The maximum atomic E-state index is 13.7. The van der Waals surface area contributed by atoms with Crippen LogP contribution in [0.15, 0.2) is 30.5 Å². The molecule has 0 aliphatic carbocycles. The molecule has 1 fully saturated rings. The highest BCUT2D eigenvalue weighted by molar-refractivity contribution is 6.30. The first-order chi connectivity index (χ1) is 13.8. The van der Waals surface area contributed by atoms with Crippen molar-refractivity contribution in [3.05, 3.63) is 46.7 Å². The van der Waals surface area contributed by atoms with Crippen LogP contribution in [0.25, 0.3) is 5.69 Å². The monoisotopic (exact) mass is 429 g/mol. The molecule has 29 heavy (non-hydrogen) atoms. The molecule has 1 aromatic heterocycles. The van der Waals surface area contributed by atoms with Gasteiger partial charge in [0.15, 0.2) is 5.69 Å². The average molecular weight is 430 g/mol. The van der Waals surface area contributed by atoms with E-state index in [1.807, 2.05) is 0 Å². The van der Waals surface area contributed by atoms with Gasteiger partial charge in [-0.2, -0.15) is 18.3 Å². The minimum absolute atomic E-state index is 0.177. The Hall–Kier alpha value is -2.10. The van der Waals surface area contributed by atoms with Crippen LogP contribution in [-0.2, 0) is 6.18 Å². The molecule has 0 radical (unpaired) electrons. The summed E-state index contributed by atoms with van der Waals surface area (Å²) in [6.45, 7) is 4.99. The van der Waals surface area contributed by atoms with Gasteiger partial charge in [-0.05, 0) is 44.3 Å². The van der Waals surface area contributed by atoms with Crippen molar-refractivity contribution in [3.63, 3.8) is 0 Å². The minimum atomic E-state index is -4.73. The van der Waals surface area contributed by atoms with E-state index in [2.05, 4.69) is 27.3 Å². The smallest absolute Gasteiger partial charge is 0.352 e. The van der Waals surface area contributed by atoms with Crippen LogP contribution in [0.3, 0.4) is 0 Å². The third-order valence-corrected chi connectivity index (χ3v) is 5.14. The zero-order chi connectivity index (χ0) is 21.0. The number of carbonyl (C=O) groups is 1. The Bertz CT molecular complexity index is 829. The Morgan fingerprint density at radius 1 is 1.17 bits per heavy atom. The Morgan fingerprint density at radius 2 is 1.83 bits per heavy atom. The first-order valence-corrected chi connectivity index (χ1v) is 9.74. The lowest BCUT2D eigenvalue weighted by molar-refractivity contribution is -0.143. The standard InChI is InChI=1S/C19H23ClF3N5O/c1-26-9-11-27(12-10-26)8-2-7-24-18(29)16-13-25-28(17(16)19(21,22)23)15-5-3-14(20)4-6-15/h3-6,13H,2,7-12H2,1H3,(H,24,29). The molecule has 1 aliphatic heterocycles. The van der Waals surface area contributed by atoms with Gasteiger partial charge in [-0.15, -0.1) is 0 Å². The van der Waals surface area contributed by atoms with E-state index in [1.165, 1.54) is 24.3 Å². The van der Waals surface area contributed by atoms with Crippen LogP contribution in [0.5, 0.6) is 0 Å². The number of halogens is 4. The lowest BCUT2D eigenvalue weighted by atomic mass is 10.2. The Kier molecular flexibility index (Phi) is 6.81. The first-order valence-electron chi connectivity index (χ1n) is 9.36. The van der Waals surface area contributed by atoms with Gasteiger partial charge >= 0.3 is 6.18 Å². The highest BCUT2D eigenvalue weighted by atomic mass is 35.5. The molecule has 3 rings (SSSR count). The van der Waals surface area contributed by atoms with E-state index in [9.17, 15) is 18.0 Å². The predicted molar refractivity (Wildman–Crippen MR) is 104 cm³/mol. The number of aromatic nitrogens is 2. The molecule has 1 amide bonds. The fraction of sp³-hybridized carbons (Fsp3) is 0.474. The molecule has 0 atom stereocenters. The van der Waals surface area contributed by atoms with Crippen molar-refractivity contribution < 1.29 is 18.0 Å². The number of piperazine rings is 1. The number of hydrogen-bond acceptors (Lipinski definition) is 4. The molecule has 1 aromatic carbocycles. The van der Waals surface area contributed by atoms with Gasteiger partial charge in [-0.25, -0.2) is 4.68 Å². The van der Waals surface area contributed by atoms with E-state index in [-0.39, 0.29) is 5.69 Å². The third-order valence-electron chi connectivity index (χ3n) is 4.89.